The van der Waals surface area contributed by atoms with Crippen LogP contribution in [0.15, 0.2) is 45.8 Å². The summed E-state index contributed by atoms with van der Waals surface area (Å²) < 4.78 is 17.3. The number of esters is 1. The monoisotopic (exact) mass is 535 g/mol. The van der Waals surface area contributed by atoms with Crippen LogP contribution in [-0.2, 0) is 20.9 Å². The molecule has 1 aliphatic rings. The van der Waals surface area contributed by atoms with E-state index in [0.717, 1.165) is 16.7 Å². The molecule has 32 heavy (non-hydrogen) atoms. The van der Waals surface area contributed by atoms with E-state index in [4.69, 9.17) is 21.7 Å². The minimum atomic E-state index is -0.391. The Bertz CT molecular complexity index is 1090. The second kappa shape index (κ2) is 11.0. The molecule has 0 spiro atoms. The van der Waals surface area contributed by atoms with Gasteiger partial charge in [0, 0.05) is 6.54 Å². The van der Waals surface area contributed by atoms with Crippen molar-refractivity contribution in [2.24, 2.45) is 0 Å². The fraction of sp³-hybridized carbons (Fsp3) is 0.261. The maximum Gasteiger partial charge on any atom is 0.307 e. The number of thioether (sulfide) groups is 1. The largest absolute Gasteiger partial charge is 0.493 e. The van der Waals surface area contributed by atoms with Gasteiger partial charge in [-0.05, 0) is 52.2 Å². The van der Waals surface area contributed by atoms with Crippen molar-refractivity contribution in [3.8, 4) is 11.5 Å². The highest BCUT2D eigenvalue weighted by Gasteiger charge is 2.32. The van der Waals surface area contributed by atoms with E-state index >= 15 is 0 Å². The Kier molecular flexibility index (Phi) is 8.33. The Labute approximate surface area is 205 Å². The van der Waals surface area contributed by atoms with Crippen molar-refractivity contribution in [2.45, 2.75) is 20.0 Å². The van der Waals surface area contributed by atoms with Gasteiger partial charge in [-0.3, -0.25) is 14.5 Å². The van der Waals surface area contributed by atoms with E-state index in [2.05, 4.69) is 26.7 Å². The molecule has 0 aliphatic carbocycles. The third-order valence-corrected chi connectivity index (χ3v) is 6.62. The van der Waals surface area contributed by atoms with E-state index in [1.807, 2.05) is 31.2 Å². The quantitative estimate of drug-likeness (QED) is 0.264. The Morgan fingerprint density at radius 3 is 2.72 bits per heavy atom. The molecule has 1 aliphatic heterocycles. The predicted molar refractivity (Wildman–Crippen MR) is 133 cm³/mol. The molecule has 1 amide bonds. The number of benzene rings is 2. The van der Waals surface area contributed by atoms with E-state index < -0.39 is 5.97 Å². The van der Waals surface area contributed by atoms with Crippen LogP contribution in [0.25, 0.3) is 6.08 Å². The number of aryl methyl sites for hydroxylation is 1. The van der Waals surface area contributed by atoms with Crippen molar-refractivity contribution in [2.75, 3.05) is 20.8 Å². The molecule has 168 valence electrons. The molecule has 0 N–H and O–H groups in total. The van der Waals surface area contributed by atoms with Crippen LogP contribution in [-0.4, -0.2) is 41.9 Å². The number of hydrogen-bond donors (Lipinski definition) is 0. The molecular formula is C23H22BrNO5S2. The van der Waals surface area contributed by atoms with Gasteiger partial charge in [0.1, 0.15) is 10.9 Å². The van der Waals surface area contributed by atoms with Crippen LogP contribution in [0.3, 0.4) is 0 Å². The molecule has 0 bridgehead atoms. The molecule has 2 aromatic carbocycles. The summed E-state index contributed by atoms with van der Waals surface area (Å²) in [4.78, 5) is 26.0. The lowest BCUT2D eigenvalue weighted by molar-refractivity contribution is -0.140. The zero-order valence-corrected chi connectivity index (χ0v) is 21.1. The predicted octanol–water partition coefficient (Wildman–Crippen LogP) is 5.11. The molecule has 6 nitrogen and oxygen atoms in total. The minimum absolute atomic E-state index is 0.0859. The average Bonchev–Trinajstić information content (AvgIpc) is 3.03. The lowest BCUT2D eigenvalue weighted by Gasteiger charge is -2.14. The number of amides is 1. The Morgan fingerprint density at radius 1 is 1.25 bits per heavy atom. The summed E-state index contributed by atoms with van der Waals surface area (Å²) in [5.41, 5.74) is 2.97. The third-order valence-electron chi connectivity index (χ3n) is 4.66. The van der Waals surface area contributed by atoms with Gasteiger partial charge in [0.2, 0.25) is 0 Å². The van der Waals surface area contributed by atoms with Crippen molar-refractivity contribution in [1.82, 2.24) is 4.90 Å². The lowest BCUT2D eigenvalue weighted by Crippen LogP contribution is -2.30. The highest BCUT2D eigenvalue weighted by atomic mass is 79.9. The molecule has 0 radical (unpaired) electrons. The molecule has 0 saturated carbocycles. The second-order valence-corrected chi connectivity index (χ2v) is 9.50. The van der Waals surface area contributed by atoms with Crippen LogP contribution in [0.4, 0.5) is 0 Å². The summed E-state index contributed by atoms with van der Waals surface area (Å²) >= 11 is 10.1. The lowest BCUT2D eigenvalue weighted by atomic mass is 10.1. The first-order valence-corrected chi connectivity index (χ1v) is 11.7. The van der Waals surface area contributed by atoms with Crippen LogP contribution in [0.2, 0.25) is 0 Å². The molecule has 1 fully saturated rings. The summed E-state index contributed by atoms with van der Waals surface area (Å²) in [6, 6.07) is 11.8. The van der Waals surface area contributed by atoms with Crippen molar-refractivity contribution in [3.63, 3.8) is 0 Å². The van der Waals surface area contributed by atoms with Gasteiger partial charge in [-0.15, -0.1) is 0 Å². The summed E-state index contributed by atoms with van der Waals surface area (Å²) in [6.45, 7) is 2.62. The number of rotatable bonds is 8. The van der Waals surface area contributed by atoms with Crippen molar-refractivity contribution < 1.29 is 23.8 Å². The molecule has 0 atom stereocenters. The van der Waals surface area contributed by atoms with E-state index in [1.165, 1.54) is 23.8 Å². The van der Waals surface area contributed by atoms with Crippen molar-refractivity contribution in [1.29, 1.82) is 0 Å². The second-order valence-electron chi connectivity index (χ2n) is 6.97. The Balaban J connectivity index is 1.78. The first kappa shape index (κ1) is 24.3. The molecule has 3 rings (SSSR count). The van der Waals surface area contributed by atoms with Gasteiger partial charge < -0.3 is 14.2 Å². The molecule has 1 heterocycles. The van der Waals surface area contributed by atoms with Gasteiger partial charge in [0.15, 0.2) is 11.5 Å². The Morgan fingerprint density at radius 2 is 2.03 bits per heavy atom. The number of halogens is 1. The van der Waals surface area contributed by atoms with E-state index in [-0.39, 0.29) is 18.9 Å². The van der Waals surface area contributed by atoms with Crippen LogP contribution < -0.4 is 9.47 Å². The zero-order chi connectivity index (χ0) is 23.3. The fourth-order valence-corrected chi connectivity index (χ4v) is 4.95. The smallest absolute Gasteiger partial charge is 0.307 e. The number of methoxy groups -OCH3 is 2. The summed E-state index contributed by atoms with van der Waals surface area (Å²) in [5.74, 6) is 0.493. The number of hydrogen-bond acceptors (Lipinski definition) is 7. The maximum absolute atomic E-state index is 12.7. The number of thiocarbonyl (C=S) groups is 1. The highest BCUT2D eigenvalue weighted by molar-refractivity contribution is 9.10. The highest BCUT2D eigenvalue weighted by Crippen LogP contribution is 2.39. The van der Waals surface area contributed by atoms with Gasteiger partial charge in [-0.1, -0.05) is 53.8 Å². The van der Waals surface area contributed by atoms with Gasteiger partial charge in [0.05, 0.1) is 30.0 Å². The minimum Gasteiger partial charge on any atom is -0.493 e. The number of carbonyl (C=O) groups is 2. The normalized spacial score (nSPS) is 14.8. The van der Waals surface area contributed by atoms with E-state index in [0.29, 0.717) is 31.8 Å². The SMILES string of the molecule is COC(=O)CCN1C(=O)/C(=C\c2cc(Br)c(OCc3cccc(C)c3)c(OC)c2)SC1=S. The fourth-order valence-electron chi connectivity index (χ4n) is 3.07. The van der Waals surface area contributed by atoms with E-state index in [9.17, 15) is 9.59 Å². The third kappa shape index (κ3) is 5.90. The molecule has 0 aromatic heterocycles. The van der Waals surface area contributed by atoms with Gasteiger partial charge >= 0.3 is 5.97 Å². The number of nitrogens with zero attached hydrogens (tertiary/aromatic N) is 1. The number of carbonyl (C=O) groups excluding carboxylic acids is 2. The van der Waals surface area contributed by atoms with E-state index in [1.54, 1.807) is 19.3 Å². The Hall–Kier alpha value is -2.36. The first-order valence-electron chi connectivity index (χ1n) is 9.70. The van der Waals surface area contributed by atoms with Crippen LogP contribution in [0.1, 0.15) is 23.1 Å². The zero-order valence-electron chi connectivity index (χ0n) is 17.8. The molecule has 0 unspecified atom stereocenters. The summed E-state index contributed by atoms with van der Waals surface area (Å²) in [5, 5.41) is 0. The number of ether oxygens (including phenoxy) is 3. The van der Waals surface area contributed by atoms with Gasteiger partial charge in [0.25, 0.3) is 5.91 Å². The molecule has 1 saturated heterocycles. The van der Waals surface area contributed by atoms with Crippen molar-refractivity contribution >= 4 is 62.2 Å². The average molecular weight is 536 g/mol. The first-order chi connectivity index (χ1) is 15.3. The van der Waals surface area contributed by atoms with Gasteiger partial charge in [-0.25, -0.2) is 0 Å². The van der Waals surface area contributed by atoms with Crippen LogP contribution >= 0.6 is 39.9 Å². The van der Waals surface area contributed by atoms with Crippen molar-refractivity contribution in [3.05, 3.63) is 62.5 Å². The van der Waals surface area contributed by atoms with Crippen LogP contribution in [0.5, 0.6) is 11.5 Å². The van der Waals surface area contributed by atoms with Gasteiger partial charge in [-0.2, -0.15) is 0 Å². The standard InChI is InChI=1S/C23H22BrNO5S2/c1-14-5-4-6-15(9-14)13-30-21-17(24)10-16(11-18(21)28-2)12-19-22(27)25(23(31)32-19)8-7-20(26)29-3/h4-6,9-12H,7-8,13H2,1-3H3/b19-12+. The molecular weight excluding hydrogens is 514 g/mol. The van der Waals surface area contributed by atoms with Crippen LogP contribution in [0, 0.1) is 6.92 Å². The maximum atomic E-state index is 12.7. The summed E-state index contributed by atoms with van der Waals surface area (Å²) in [6.07, 6.45) is 1.83. The topological polar surface area (TPSA) is 65.1 Å². The molecule has 2 aromatic rings. The summed E-state index contributed by atoms with van der Waals surface area (Å²) in [7, 11) is 2.88. The molecule has 9 heteroatoms.